The van der Waals surface area contributed by atoms with Crippen LogP contribution >= 0.6 is 12.4 Å². The molecule has 25 heavy (non-hydrogen) atoms. The van der Waals surface area contributed by atoms with Gasteiger partial charge in [-0.25, -0.2) is 0 Å². The minimum absolute atomic E-state index is 0. The van der Waals surface area contributed by atoms with Crippen LogP contribution in [0, 0.1) is 0 Å². The van der Waals surface area contributed by atoms with Crippen LogP contribution in [0.4, 0.5) is 13.2 Å². The number of benzene rings is 1. The lowest BCUT2D eigenvalue weighted by Crippen LogP contribution is -2.45. The SMILES string of the molecule is COc1ccc(OC(F)(F)F)cc1[C@H](CCCO)N1CCNCC1.Cl. The van der Waals surface area contributed by atoms with E-state index in [4.69, 9.17) is 9.84 Å². The summed E-state index contributed by atoms with van der Waals surface area (Å²) in [6.07, 6.45) is -3.55. The standard InChI is InChI=1S/C16H23F3N2O3.ClH/c1-23-15-5-4-12(24-16(17,18)19)11-13(15)14(3-2-10-22)21-8-6-20-7-9-21;/h4-5,11,14,20,22H,2-3,6-10H2,1H3;1H/t14-;/m0./s1. The lowest BCUT2D eigenvalue weighted by Gasteiger charge is -2.36. The molecule has 1 fully saturated rings. The van der Waals surface area contributed by atoms with Gasteiger partial charge in [0.2, 0.25) is 0 Å². The molecule has 5 nitrogen and oxygen atoms in total. The van der Waals surface area contributed by atoms with Crippen molar-refractivity contribution in [3.63, 3.8) is 0 Å². The van der Waals surface area contributed by atoms with Crippen molar-refractivity contribution >= 4 is 12.4 Å². The highest BCUT2D eigenvalue weighted by Gasteiger charge is 2.32. The molecule has 1 aromatic rings. The molecule has 1 saturated heterocycles. The molecule has 0 bridgehead atoms. The van der Waals surface area contributed by atoms with Gasteiger partial charge in [-0.1, -0.05) is 0 Å². The molecular weight excluding hydrogens is 361 g/mol. The molecule has 1 heterocycles. The zero-order chi connectivity index (χ0) is 17.6. The number of methoxy groups -OCH3 is 1. The number of hydrogen-bond acceptors (Lipinski definition) is 5. The topological polar surface area (TPSA) is 54.0 Å². The number of nitrogens with zero attached hydrogens (tertiary/aromatic N) is 1. The fourth-order valence-corrected chi connectivity index (χ4v) is 2.98. The highest BCUT2D eigenvalue weighted by molar-refractivity contribution is 5.85. The van der Waals surface area contributed by atoms with Gasteiger partial charge in [-0.3, -0.25) is 4.90 Å². The third-order valence-corrected chi connectivity index (χ3v) is 4.02. The second-order valence-corrected chi connectivity index (χ2v) is 5.62. The number of aliphatic hydroxyl groups excluding tert-OH is 1. The van der Waals surface area contributed by atoms with E-state index in [-0.39, 0.29) is 30.8 Å². The molecule has 2 N–H and O–H groups in total. The van der Waals surface area contributed by atoms with Crippen LogP contribution in [0.1, 0.15) is 24.4 Å². The fourth-order valence-electron chi connectivity index (χ4n) is 2.98. The molecule has 144 valence electrons. The molecule has 0 unspecified atom stereocenters. The quantitative estimate of drug-likeness (QED) is 0.757. The van der Waals surface area contributed by atoms with Gasteiger partial charge in [0.1, 0.15) is 11.5 Å². The molecular formula is C16H24ClF3N2O3. The van der Waals surface area contributed by atoms with Crippen molar-refractivity contribution in [1.29, 1.82) is 0 Å². The average molecular weight is 385 g/mol. The number of rotatable bonds is 7. The number of alkyl halides is 3. The van der Waals surface area contributed by atoms with Crippen molar-refractivity contribution in [2.75, 3.05) is 39.9 Å². The van der Waals surface area contributed by atoms with Gasteiger partial charge in [0, 0.05) is 44.4 Å². The van der Waals surface area contributed by atoms with E-state index < -0.39 is 6.36 Å². The van der Waals surface area contributed by atoms with Crippen LogP contribution in [0.5, 0.6) is 11.5 Å². The molecule has 0 saturated carbocycles. The Balaban J connectivity index is 0.00000312. The molecule has 1 aromatic carbocycles. The third-order valence-electron chi connectivity index (χ3n) is 4.02. The normalized spacial score (nSPS) is 16.8. The molecule has 1 aliphatic rings. The molecule has 0 radical (unpaired) electrons. The maximum atomic E-state index is 12.5. The number of halogens is 4. The molecule has 2 rings (SSSR count). The summed E-state index contributed by atoms with van der Waals surface area (Å²) in [7, 11) is 1.49. The van der Waals surface area contributed by atoms with E-state index in [1.165, 1.54) is 25.3 Å². The lowest BCUT2D eigenvalue weighted by atomic mass is 9.98. The van der Waals surface area contributed by atoms with Crippen LogP contribution in [0.25, 0.3) is 0 Å². The summed E-state index contributed by atoms with van der Waals surface area (Å²) in [5.41, 5.74) is 0.648. The van der Waals surface area contributed by atoms with Crippen molar-refractivity contribution < 1.29 is 27.8 Å². The van der Waals surface area contributed by atoms with Gasteiger partial charge in [-0.05, 0) is 31.0 Å². The van der Waals surface area contributed by atoms with Crippen molar-refractivity contribution in [3.8, 4) is 11.5 Å². The van der Waals surface area contributed by atoms with E-state index in [1.807, 2.05) is 0 Å². The maximum Gasteiger partial charge on any atom is 0.573 e. The zero-order valence-corrected chi connectivity index (χ0v) is 14.8. The summed E-state index contributed by atoms with van der Waals surface area (Å²) in [6, 6.07) is 3.99. The first-order chi connectivity index (χ1) is 11.4. The van der Waals surface area contributed by atoms with Gasteiger partial charge in [-0.2, -0.15) is 0 Å². The minimum atomic E-state index is -4.73. The van der Waals surface area contributed by atoms with E-state index in [0.717, 1.165) is 26.2 Å². The number of piperazine rings is 1. The number of nitrogens with one attached hydrogen (secondary N) is 1. The highest BCUT2D eigenvalue weighted by atomic mass is 35.5. The molecule has 0 spiro atoms. The molecule has 1 atom stereocenters. The second kappa shape index (κ2) is 10.1. The Morgan fingerprint density at radius 1 is 1.28 bits per heavy atom. The van der Waals surface area contributed by atoms with E-state index in [9.17, 15) is 13.2 Å². The first-order valence-corrected chi connectivity index (χ1v) is 7.94. The van der Waals surface area contributed by atoms with Gasteiger partial charge in [0.05, 0.1) is 7.11 Å². The molecule has 0 aromatic heterocycles. The van der Waals surface area contributed by atoms with Gasteiger partial charge in [0.15, 0.2) is 0 Å². The van der Waals surface area contributed by atoms with Crippen LogP contribution in [-0.4, -0.2) is 56.3 Å². The van der Waals surface area contributed by atoms with E-state index in [2.05, 4.69) is 15.0 Å². The van der Waals surface area contributed by atoms with Crippen LogP contribution in [0.3, 0.4) is 0 Å². The summed E-state index contributed by atoms with van der Waals surface area (Å²) < 4.78 is 46.9. The third kappa shape index (κ3) is 6.54. The molecule has 9 heteroatoms. The molecule has 1 aliphatic heterocycles. The van der Waals surface area contributed by atoms with E-state index in [0.29, 0.717) is 24.2 Å². The minimum Gasteiger partial charge on any atom is -0.496 e. The number of aliphatic hydroxyl groups is 1. The maximum absolute atomic E-state index is 12.5. The largest absolute Gasteiger partial charge is 0.573 e. The molecule has 0 aliphatic carbocycles. The Morgan fingerprint density at radius 3 is 2.52 bits per heavy atom. The summed E-state index contributed by atoms with van der Waals surface area (Å²) in [5.74, 6) is 0.258. The fraction of sp³-hybridized carbons (Fsp3) is 0.625. The Labute approximate surface area is 151 Å². The summed E-state index contributed by atoms with van der Waals surface area (Å²) in [5, 5.41) is 12.4. The van der Waals surface area contributed by atoms with Gasteiger partial charge >= 0.3 is 6.36 Å². The average Bonchev–Trinajstić information content (AvgIpc) is 2.55. The smallest absolute Gasteiger partial charge is 0.496 e. The Morgan fingerprint density at radius 2 is 1.96 bits per heavy atom. The Hall–Kier alpha value is -1.22. The Kier molecular flexibility index (Phi) is 8.78. The summed E-state index contributed by atoms with van der Waals surface area (Å²) in [6.45, 7) is 3.23. The predicted molar refractivity (Wildman–Crippen MR) is 90.4 cm³/mol. The van der Waals surface area contributed by atoms with Gasteiger partial charge in [-0.15, -0.1) is 25.6 Å². The van der Waals surface area contributed by atoms with E-state index in [1.54, 1.807) is 0 Å². The zero-order valence-electron chi connectivity index (χ0n) is 14.0. The number of hydrogen-bond donors (Lipinski definition) is 2. The highest BCUT2D eigenvalue weighted by Crippen LogP contribution is 2.36. The van der Waals surface area contributed by atoms with Crippen molar-refractivity contribution in [3.05, 3.63) is 23.8 Å². The summed E-state index contributed by atoms with van der Waals surface area (Å²) in [4.78, 5) is 2.20. The second-order valence-electron chi connectivity index (χ2n) is 5.62. The van der Waals surface area contributed by atoms with Crippen LogP contribution in [0.15, 0.2) is 18.2 Å². The van der Waals surface area contributed by atoms with Gasteiger partial charge in [0.25, 0.3) is 0 Å². The molecule has 0 amide bonds. The monoisotopic (exact) mass is 384 g/mol. The van der Waals surface area contributed by atoms with Gasteiger partial charge < -0.3 is 19.9 Å². The van der Waals surface area contributed by atoms with E-state index >= 15 is 0 Å². The van der Waals surface area contributed by atoms with Crippen molar-refractivity contribution in [2.45, 2.75) is 25.2 Å². The van der Waals surface area contributed by atoms with Crippen LogP contribution in [0.2, 0.25) is 0 Å². The lowest BCUT2D eigenvalue weighted by molar-refractivity contribution is -0.274. The number of ether oxygens (including phenoxy) is 2. The first-order valence-electron chi connectivity index (χ1n) is 7.94. The van der Waals surface area contributed by atoms with Crippen LogP contribution in [-0.2, 0) is 0 Å². The van der Waals surface area contributed by atoms with Crippen LogP contribution < -0.4 is 14.8 Å². The predicted octanol–water partition coefficient (Wildman–Crippen LogP) is 2.73. The first kappa shape index (κ1) is 21.8. The summed E-state index contributed by atoms with van der Waals surface area (Å²) >= 11 is 0. The van der Waals surface area contributed by atoms with Crippen molar-refractivity contribution in [1.82, 2.24) is 10.2 Å². The Bertz CT molecular complexity index is 526. The van der Waals surface area contributed by atoms with Crippen molar-refractivity contribution in [2.24, 2.45) is 0 Å².